The first-order valence-corrected chi connectivity index (χ1v) is 9.28. The number of halogens is 3. The number of rotatable bonds is 5. The van der Waals surface area contributed by atoms with Crippen LogP contribution in [0.5, 0.6) is 0 Å². The van der Waals surface area contributed by atoms with Crippen molar-refractivity contribution in [3.63, 3.8) is 0 Å². The summed E-state index contributed by atoms with van der Waals surface area (Å²) in [5, 5.41) is 11.6. The molecule has 0 radical (unpaired) electrons. The zero-order valence-corrected chi connectivity index (χ0v) is 15.3. The normalized spacial score (nSPS) is 18.5. The highest BCUT2D eigenvalue weighted by Gasteiger charge is 2.37. The van der Waals surface area contributed by atoms with Crippen LogP contribution < -0.4 is 5.32 Å². The summed E-state index contributed by atoms with van der Waals surface area (Å²) in [7, 11) is 0. The lowest BCUT2D eigenvalue weighted by atomic mass is 9.75. The Morgan fingerprint density at radius 2 is 1.86 bits per heavy atom. The Bertz CT molecular complexity index is 1040. The number of nitrogens with one attached hydrogen (secondary N) is 2. The van der Waals surface area contributed by atoms with E-state index < -0.39 is 23.5 Å². The Labute approximate surface area is 164 Å². The molecule has 1 aliphatic carbocycles. The predicted octanol–water partition coefficient (Wildman–Crippen LogP) is 4.22. The summed E-state index contributed by atoms with van der Waals surface area (Å²) in [6.07, 6.45) is 0.0397. The van der Waals surface area contributed by atoms with E-state index in [4.69, 9.17) is 9.84 Å². The van der Waals surface area contributed by atoms with Gasteiger partial charge in [-0.15, -0.1) is 0 Å². The van der Waals surface area contributed by atoms with Crippen LogP contribution in [0, 0.1) is 17.5 Å². The van der Waals surface area contributed by atoms with Crippen LogP contribution in [0.1, 0.15) is 24.3 Å². The van der Waals surface area contributed by atoms with Crippen LogP contribution in [-0.4, -0.2) is 35.4 Å². The molecule has 1 aromatic heterocycles. The van der Waals surface area contributed by atoms with Crippen LogP contribution >= 0.6 is 0 Å². The number of benzene rings is 2. The van der Waals surface area contributed by atoms with Gasteiger partial charge in [0.25, 0.3) is 0 Å². The summed E-state index contributed by atoms with van der Waals surface area (Å²) in [5.74, 6) is -1.86. The van der Waals surface area contributed by atoms with Crippen molar-refractivity contribution in [2.75, 3.05) is 13.2 Å². The fourth-order valence-corrected chi connectivity index (χ4v) is 3.76. The van der Waals surface area contributed by atoms with Gasteiger partial charge in [0, 0.05) is 18.0 Å². The van der Waals surface area contributed by atoms with Gasteiger partial charge in [0.05, 0.1) is 17.8 Å². The molecule has 5 nitrogen and oxygen atoms in total. The first kappa shape index (κ1) is 19.3. The highest BCUT2D eigenvalue weighted by atomic mass is 19.1. The van der Waals surface area contributed by atoms with E-state index in [1.807, 2.05) is 0 Å². The summed E-state index contributed by atoms with van der Waals surface area (Å²) in [6.45, 7) is -0.0828. The molecule has 1 saturated carbocycles. The third-order valence-corrected chi connectivity index (χ3v) is 5.16. The first-order valence-electron chi connectivity index (χ1n) is 9.28. The minimum absolute atomic E-state index is 0.0827. The first-order chi connectivity index (χ1) is 14.0. The van der Waals surface area contributed by atoms with Gasteiger partial charge in [-0.3, -0.25) is 0 Å². The Balaban J connectivity index is 1.65. The van der Waals surface area contributed by atoms with E-state index >= 15 is 0 Å². The van der Waals surface area contributed by atoms with Gasteiger partial charge in [-0.2, -0.15) is 0 Å². The second-order valence-corrected chi connectivity index (χ2v) is 7.08. The fraction of sp³-hybridized carbons (Fsp3) is 0.286. The van der Waals surface area contributed by atoms with Gasteiger partial charge in [0.15, 0.2) is 0 Å². The molecular weight excluding hydrogens is 385 g/mol. The highest BCUT2D eigenvalue weighted by molar-refractivity contribution is 5.92. The van der Waals surface area contributed by atoms with Gasteiger partial charge in [-0.1, -0.05) is 0 Å². The number of hydrogen-bond donors (Lipinski definition) is 3. The third-order valence-electron chi connectivity index (χ3n) is 5.16. The van der Waals surface area contributed by atoms with Crippen molar-refractivity contribution in [3.05, 3.63) is 59.4 Å². The van der Waals surface area contributed by atoms with Crippen LogP contribution in [0.3, 0.4) is 0 Å². The molecule has 1 aliphatic rings. The maximum Gasteiger partial charge on any atom is 0.407 e. The molecule has 8 heteroatoms. The van der Waals surface area contributed by atoms with E-state index in [-0.39, 0.29) is 30.7 Å². The Kier molecular flexibility index (Phi) is 5.19. The zero-order valence-electron chi connectivity index (χ0n) is 15.3. The molecule has 0 unspecified atom stereocenters. The molecule has 29 heavy (non-hydrogen) atoms. The molecule has 0 spiro atoms. The molecule has 1 amide bonds. The van der Waals surface area contributed by atoms with Crippen molar-refractivity contribution < 1.29 is 27.8 Å². The number of ether oxygens (including phenoxy) is 1. The lowest BCUT2D eigenvalue weighted by Crippen LogP contribution is -2.37. The predicted molar refractivity (Wildman–Crippen MR) is 101 cm³/mol. The quantitative estimate of drug-likeness (QED) is 0.596. The highest BCUT2D eigenvalue weighted by Crippen LogP contribution is 2.46. The van der Waals surface area contributed by atoms with Gasteiger partial charge < -0.3 is 20.1 Å². The lowest BCUT2D eigenvalue weighted by molar-refractivity contribution is 0.0392. The molecule has 0 saturated heterocycles. The number of carbonyl (C=O) groups excluding carboxylic acids is 1. The van der Waals surface area contributed by atoms with Gasteiger partial charge in [-0.05, 0) is 60.2 Å². The molecule has 4 rings (SSSR count). The topological polar surface area (TPSA) is 74.3 Å². The molecule has 3 aromatic rings. The Morgan fingerprint density at radius 1 is 1.14 bits per heavy atom. The Hall–Kier alpha value is -3.00. The zero-order chi connectivity index (χ0) is 20.5. The number of hydrogen-bond acceptors (Lipinski definition) is 3. The van der Waals surface area contributed by atoms with Gasteiger partial charge >= 0.3 is 6.09 Å². The van der Waals surface area contributed by atoms with E-state index in [0.29, 0.717) is 29.5 Å². The largest absolute Gasteiger partial charge is 0.446 e. The standard InChI is InChI=1S/C21H19F3N2O3/c22-13-3-1-11(2-4-13)19-18(16-9-14(23)10-17(24)20(16)26-19)12-7-15(8-12)29-21(28)25-5-6-27/h1-4,9-10,12,15,26-27H,5-8H2,(H,25,28). The summed E-state index contributed by atoms with van der Waals surface area (Å²) < 4.78 is 46.8. The third kappa shape index (κ3) is 3.80. The van der Waals surface area contributed by atoms with E-state index in [9.17, 15) is 18.0 Å². The number of aliphatic hydroxyl groups is 1. The lowest BCUT2D eigenvalue weighted by Gasteiger charge is -2.35. The second kappa shape index (κ2) is 7.79. The van der Waals surface area contributed by atoms with E-state index in [2.05, 4.69) is 10.3 Å². The molecule has 152 valence electrons. The number of alkyl carbamates (subject to hydrolysis) is 1. The number of carbonyl (C=O) groups is 1. The summed E-state index contributed by atoms with van der Waals surface area (Å²) in [5.41, 5.74) is 2.16. The fourth-order valence-electron chi connectivity index (χ4n) is 3.76. The maximum absolute atomic E-state index is 14.3. The maximum atomic E-state index is 14.3. The summed E-state index contributed by atoms with van der Waals surface area (Å²) >= 11 is 0. The van der Waals surface area contributed by atoms with Gasteiger partial charge in [-0.25, -0.2) is 18.0 Å². The van der Waals surface area contributed by atoms with Crippen molar-refractivity contribution in [1.82, 2.24) is 10.3 Å². The summed E-state index contributed by atoms with van der Waals surface area (Å²) in [4.78, 5) is 14.7. The van der Waals surface area contributed by atoms with Crippen molar-refractivity contribution in [3.8, 4) is 11.3 Å². The summed E-state index contributed by atoms with van der Waals surface area (Å²) in [6, 6.07) is 7.85. The minimum atomic E-state index is -0.704. The molecule has 1 fully saturated rings. The minimum Gasteiger partial charge on any atom is -0.446 e. The number of amides is 1. The monoisotopic (exact) mass is 404 g/mol. The molecule has 0 atom stereocenters. The number of fused-ring (bicyclic) bond motifs is 1. The van der Waals surface area contributed by atoms with Crippen LogP contribution in [0.25, 0.3) is 22.2 Å². The Morgan fingerprint density at radius 3 is 2.55 bits per heavy atom. The average molecular weight is 404 g/mol. The second-order valence-electron chi connectivity index (χ2n) is 7.08. The van der Waals surface area contributed by atoms with Crippen LogP contribution in [0.2, 0.25) is 0 Å². The van der Waals surface area contributed by atoms with E-state index in [1.54, 1.807) is 12.1 Å². The molecule has 1 heterocycles. The van der Waals surface area contributed by atoms with E-state index in [1.165, 1.54) is 18.2 Å². The number of aromatic amines is 1. The van der Waals surface area contributed by atoms with Crippen LogP contribution in [0.4, 0.5) is 18.0 Å². The molecule has 0 aliphatic heterocycles. The average Bonchev–Trinajstić information content (AvgIpc) is 3.02. The molecule has 2 aromatic carbocycles. The van der Waals surface area contributed by atoms with Gasteiger partial charge in [0.2, 0.25) is 0 Å². The molecule has 0 bridgehead atoms. The number of H-pyrrole nitrogens is 1. The van der Waals surface area contributed by atoms with Crippen molar-refractivity contribution in [2.45, 2.75) is 24.9 Å². The van der Waals surface area contributed by atoms with Crippen molar-refractivity contribution in [1.29, 1.82) is 0 Å². The van der Waals surface area contributed by atoms with E-state index in [0.717, 1.165) is 11.6 Å². The van der Waals surface area contributed by atoms with Gasteiger partial charge in [0.1, 0.15) is 23.6 Å². The smallest absolute Gasteiger partial charge is 0.407 e. The number of aliphatic hydroxyl groups excluding tert-OH is 1. The number of aromatic nitrogens is 1. The van der Waals surface area contributed by atoms with Crippen LogP contribution in [0.15, 0.2) is 36.4 Å². The van der Waals surface area contributed by atoms with Crippen molar-refractivity contribution in [2.24, 2.45) is 0 Å². The van der Waals surface area contributed by atoms with Crippen LogP contribution in [-0.2, 0) is 4.74 Å². The SMILES string of the molecule is O=C(NCCO)OC1CC(c2c(-c3ccc(F)cc3)[nH]c3c(F)cc(F)cc23)C1. The molecular formula is C21H19F3N2O3. The molecule has 3 N–H and O–H groups in total. The van der Waals surface area contributed by atoms with Crippen molar-refractivity contribution >= 4 is 17.0 Å².